The number of benzene rings is 3. The molecule has 2 aliphatic heterocycles. The molecule has 40 heavy (non-hydrogen) atoms. The van der Waals surface area contributed by atoms with Gasteiger partial charge in [-0.25, -0.2) is 22.8 Å². The van der Waals surface area contributed by atoms with Crippen molar-refractivity contribution in [1.29, 1.82) is 0 Å². The zero-order chi connectivity index (χ0) is 28.8. The van der Waals surface area contributed by atoms with Gasteiger partial charge in [0.15, 0.2) is 17.5 Å². The number of halogens is 3. The van der Waals surface area contributed by atoms with E-state index < -0.39 is 35.1 Å². The van der Waals surface area contributed by atoms with Gasteiger partial charge >= 0.3 is 12.1 Å². The van der Waals surface area contributed by atoms with Crippen LogP contribution < -0.4 is 4.90 Å². The van der Waals surface area contributed by atoms with Crippen LogP contribution in [0.25, 0.3) is 11.1 Å². The maximum absolute atomic E-state index is 14.7. The molecule has 2 saturated heterocycles. The minimum atomic E-state index is -1.49. The molecule has 3 aromatic carbocycles. The fraction of sp³-hybridized carbons (Fsp3) is 0.355. The Kier molecular flexibility index (Phi) is 7.12. The highest BCUT2D eigenvalue weighted by molar-refractivity contribution is 5.92. The number of hydrogen-bond donors (Lipinski definition) is 1. The summed E-state index contributed by atoms with van der Waals surface area (Å²) >= 11 is 0. The SMILES string of the molecule is CC(C)(C)c1cc(CN2CCC3(CC2)CN(c2ccc(C(=O)O)cc2)C(=O)O3)cc(-c2ccc(F)c(F)c2F)c1. The lowest BCUT2D eigenvalue weighted by Crippen LogP contribution is -2.46. The lowest BCUT2D eigenvalue weighted by atomic mass is 9.84. The zero-order valence-corrected chi connectivity index (χ0v) is 22.6. The molecule has 3 aromatic rings. The van der Waals surface area contributed by atoms with E-state index in [1.807, 2.05) is 32.9 Å². The van der Waals surface area contributed by atoms with Gasteiger partial charge in [-0.3, -0.25) is 9.80 Å². The van der Waals surface area contributed by atoms with Crippen molar-refractivity contribution in [3.63, 3.8) is 0 Å². The number of carboxylic acid groups (broad SMARTS) is 1. The third kappa shape index (κ3) is 5.43. The summed E-state index contributed by atoms with van der Waals surface area (Å²) in [6, 6.07) is 14.0. The maximum Gasteiger partial charge on any atom is 0.415 e. The molecule has 1 amide bonds. The Labute approximate surface area is 231 Å². The number of likely N-dealkylation sites (tertiary alicyclic amines) is 1. The highest BCUT2D eigenvalue weighted by atomic mass is 19.2. The molecule has 0 saturated carbocycles. The minimum Gasteiger partial charge on any atom is -0.478 e. The van der Waals surface area contributed by atoms with Crippen LogP contribution in [0, 0.1) is 17.5 Å². The molecule has 0 bridgehead atoms. The summed E-state index contributed by atoms with van der Waals surface area (Å²) in [7, 11) is 0. The molecule has 0 aliphatic carbocycles. The maximum atomic E-state index is 14.7. The van der Waals surface area contributed by atoms with Crippen molar-refractivity contribution < 1.29 is 32.6 Å². The van der Waals surface area contributed by atoms with E-state index in [2.05, 4.69) is 11.0 Å². The van der Waals surface area contributed by atoms with Gasteiger partial charge in [0.1, 0.15) is 5.60 Å². The van der Waals surface area contributed by atoms with Crippen LogP contribution in [0.2, 0.25) is 0 Å². The Bertz CT molecular complexity index is 1460. The summed E-state index contributed by atoms with van der Waals surface area (Å²) in [4.78, 5) is 27.6. The molecule has 1 spiro atoms. The predicted molar refractivity (Wildman–Crippen MR) is 145 cm³/mol. The van der Waals surface area contributed by atoms with E-state index in [9.17, 15) is 22.8 Å². The Balaban J connectivity index is 1.31. The first-order valence-corrected chi connectivity index (χ1v) is 13.2. The van der Waals surface area contributed by atoms with Crippen LogP contribution in [0.3, 0.4) is 0 Å². The standard InChI is InChI=1S/C31H31F3N2O4/c1-30(2,3)22-15-19(14-21(16-22)24-8-9-25(32)27(34)26(24)33)17-35-12-10-31(11-13-35)18-36(29(39)40-31)23-6-4-20(5-7-23)28(37)38/h4-9,14-16H,10-13,17-18H2,1-3H3,(H,37,38). The van der Waals surface area contributed by atoms with Crippen molar-refractivity contribution in [1.82, 2.24) is 4.90 Å². The molecule has 1 N–H and O–H groups in total. The minimum absolute atomic E-state index is 0.0122. The van der Waals surface area contributed by atoms with Crippen LogP contribution in [-0.2, 0) is 16.7 Å². The number of nitrogens with zero attached hydrogens (tertiary/aromatic N) is 2. The molecule has 9 heteroatoms. The Morgan fingerprint density at radius 1 is 0.975 bits per heavy atom. The molecule has 2 heterocycles. The van der Waals surface area contributed by atoms with Crippen molar-refractivity contribution in [3.8, 4) is 11.1 Å². The molecule has 0 radical (unpaired) electrons. The summed E-state index contributed by atoms with van der Waals surface area (Å²) in [5, 5.41) is 9.13. The number of aromatic carboxylic acids is 1. The van der Waals surface area contributed by atoms with Crippen LogP contribution in [-0.4, -0.2) is 47.3 Å². The normalized spacial score (nSPS) is 17.4. The summed E-state index contributed by atoms with van der Waals surface area (Å²) in [5.41, 5.74) is 2.22. The highest BCUT2D eigenvalue weighted by Crippen LogP contribution is 2.37. The Morgan fingerprint density at radius 3 is 2.27 bits per heavy atom. The van der Waals surface area contributed by atoms with E-state index in [1.54, 1.807) is 12.1 Å². The van der Waals surface area contributed by atoms with Gasteiger partial charge in [-0.1, -0.05) is 32.9 Å². The zero-order valence-electron chi connectivity index (χ0n) is 22.6. The molecule has 0 atom stereocenters. The van der Waals surface area contributed by atoms with Gasteiger partial charge in [0.2, 0.25) is 0 Å². The van der Waals surface area contributed by atoms with Crippen molar-refractivity contribution in [2.45, 2.75) is 51.2 Å². The second kappa shape index (κ2) is 10.3. The first-order valence-electron chi connectivity index (χ1n) is 13.2. The molecular formula is C31H31F3N2O4. The van der Waals surface area contributed by atoms with E-state index in [1.165, 1.54) is 23.1 Å². The van der Waals surface area contributed by atoms with E-state index in [0.29, 0.717) is 50.3 Å². The van der Waals surface area contributed by atoms with E-state index >= 15 is 0 Å². The van der Waals surface area contributed by atoms with Crippen LogP contribution >= 0.6 is 0 Å². The smallest absolute Gasteiger partial charge is 0.415 e. The van der Waals surface area contributed by atoms with Crippen LogP contribution in [0.1, 0.15) is 55.1 Å². The number of anilines is 1. The molecule has 5 rings (SSSR count). The van der Waals surface area contributed by atoms with Gasteiger partial charge in [-0.2, -0.15) is 0 Å². The number of piperidine rings is 1. The van der Waals surface area contributed by atoms with Gasteiger partial charge in [-0.05, 0) is 64.6 Å². The summed E-state index contributed by atoms with van der Waals surface area (Å²) in [6.45, 7) is 8.38. The van der Waals surface area contributed by atoms with E-state index in [0.717, 1.165) is 17.2 Å². The topological polar surface area (TPSA) is 70.1 Å². The predicted octanol–water partition coefficient (Wildman–Crippen LogP) is 6.76. The van der Waals surface area contributed by atoms with Gasteiger partial charge in [0.25, 0.3) is 0 Å². The summed E-state index contributed by atoms with van der Waals surface area (Å²) in [6.07, 6.45) is 0.783. The van der Waals surface area contributed by atoms with Crippen molar-refractivity contribution in [2.24, 2.45) is 0 Å². The van der Waals surface area contributed by atoms with Crippen molar-refractivity contribution in [2.75, 3.05) is 24.5 Å². The fourth-order valence-corrected chi connectivity index (χ4v) is 5.36. The second-order valence-corrected chi connectivity index (χ2v) is 11.7. The monoisotopic (exact) mass is 552 g/mol. The average molecular weight is 553 g/mol. The molecule has 210 valence electrons. The van der Waals surface area contributed by atoms with Gasteiger partial charge in [-0.15, -0.1) is 0 Å². The molecule has 0 aromatic heterocycles. The van der Waals surface area contributed by atoms with Crippen LogP contribution in [0.15, 0.2) is 54.6 Å². The number of carboxylic acids is 1. The molecule has 2 aliphatic rings. The molecule has 6 nitrogen and oxygen atoms in total. The molecule has 2 fully saturated rings. The van der Waals surface area contributed by atoms with Crippen molar-refractivity contribution >= 4 is 17.7 Å². The third-order valence-corrected chi connectivity index (χ3v) is 7.77. The first-order chi connectivity index (χ1) is 18.8. The van der Waals surface area contributed by atoms with Gasteiger partial charge in [0, 0.05) is 43.7 Å². The number of hydrogen-bond acceptors (Lipinski definition) is 4. The quantitative estimate of drug-likeness (QED) is 0.354. The second-order valence-electron chi connectivity index (χ2n) is 11.7. The summed E-state index contributed by atoms with van der Waals surface area (Å²) in [5.74, 6) is -4.95. The largest absolute Gasteiger partial charge is 0.478 e. The number of ether oxygens (including phenoxy) is 1. The van der Waals surface area contributed by atoms with Gasteiger partial charge in [0.05, 0.1) is 12.1 Å². The first kappa shape index (κ1) is 27.7. The summed E-state index contributed by atoms with van der Waals surface area (Å²) < 4.78 is 48.1. The third-order valence-electron chi connectivity index (χ3n) is 7.77. The Morgan fingerprint density at radius 2 is 1.65 bits per heavy atom. The van der Waals surface area contributed by atoms with E-state index in [4.69, 9.17) is 9.84 Å². The lowest BCUT2D eigenvalue weighted by molar-refractivity contribution is -0.000984. The lowest BCUT2D eigenvalue weighted by Gasteiger charge is -2.37. The fourth-order valence-electron chi connectivity index (χ4n) is 5.36. The van der Waals surface area contributed by atoms with E-state index in [-0.39, 0.29) is 16.5 Å². The highest BCUT2D eigenvalue weighted by Gasteiger charge is 2.47. The Hall–Kier alpha value is -3.85. The number of carbonyl (C=O) groups is 2. The average Bonchev–Trinajstić information content (AvgIpc) is 3.23. The number of rotatable bonds is 5. The van der Waals surface area contributed by atoms with Gasteiger partial charge < -0.3 is 9.84 Å². The number of carbonyl (C=O) groups excluding carboxylic acids is 1. The number of amides is 1. The molecule has 0 unspecified atom stereocenters. The van der Waals surface area contributed by atoms with Crippen LogP contribution in [0.4, 0.5) is 23.7 Å². The van der Waals surface area contributed by atoms with Crippen LogP contribution in [0.5, 0.6) is 0 Å². The van der Waals surface area contributed by atoms with Crippen molar-refractivity contribution in [3.05, 3.63) is 88.7 Å². The molecular weight excluding hydrogens is 521 g/mol.